The van der Waals surface area contributed by atoms with Crippen LogP contribution in [0.3, 0.4) is 0 Å². The molecule has 0 unspecified atom stereocenters. The first-order valence-corrected chi connectivity index (χ1v) is 5.29. The summed E-state index contributed by atoms with van der Waals surface area (Å²) in [6, 6.07) is 1.90. The average Bonchev–Trinajstić information content (AvgIpc) is 2.22. The molecule has 0 bridgehead atoms. The van der Waals surface area contributed by atoms with Gasteiger partial charge in [0, 0.05) is 5.57 Å². The molecule has 1 aromatic carbocycles. The lowest BCUT2D eigenvalue weighted by molar-refractivity contribution is -0.130. The van der Waals surface area contributed by atoms with Crippen molar-refractivity contribution in [2.45, 2.75) is 34.6 Å². The number of hydrogen-bond donors (Lipinski definition) is 0. The first-order valence-electron chi connectivity index (χ1n) is 5.29. The SMILES string of the molecule is C=C(C)C(=O)Oc1cc(C)c(C)c(C)c1C. The maximum absolute atomic E-state index is 11.5. The smallest absolute Gasteiger partial charge is 0.338 e. The highest BCUT2D eigenvalue weighted by atomic mass is 16.5. The van der Waals surface area contributed by atoms with Crippen LogP contribution >= 0.6 is 0 Å². The lowest BCUT2D eigenvalue weighted by Gasteiger charge is -2.13. The van der Waals surface area contributed by atoms with Crippen molar-refractivity contribution in [1.82, 2.24) is 0 Å². The maximum Gasteiger partial charge on any atom is 0.338 e. The van der Waals surface area contributed by atoms with Crippen LogP contribution in [-0.4, -0.2) is 5.97 Å². The van der Waals surface area contributed by atoms with E-state index in [0.29, 0.717) is 11.3 Å². The third kappa shape index (κ3) is 2.32. The zero-order valence-electron chi connectivity index (χ0n) is 10.6. The monoisotopic (exact) mass is 218 g/mol. The van der Waals surface area contributed by atoms with E-state index in [1.54, 1.807) is 6.92 Å². The number of carbonyl (C=O) groups is 1. The number of rotatable bonds is 2. The molecule has 0 spiro atoms. The molecule has 0 aliphatic carbocycles. The molecule has 0 fully saturated rings. The maximum atomic E-state index is 11.5. The van der Waals surface area contributed by atoms with Gasteiger partial charge in [-0.3, -0.25) is 0 Å². The van der Waals surface area contributed by atoms with Crippen molar-refractivity contribution >= 4 is 5.97 Å². The normalized spacial score (nSPS) is 10.1. The number of benzene rings is 1. The van der Waals surface area contributed by atoms with Gasteiger partial charge in [-0.25, -0.2) is 4.79 Å². The molecule has 86 valence electrons. The molecule has 0 amide bonds. The van der Waals surface area contributed by atoms with E-state index in [9.17, 15) is 4.79 Å². The standard InChI is InChI=1S/C14H18O2/c1-8(2)14(15)16-13-7-9(3)10(4)11(5)12(13)6/h7H,1H2,2-6H3. The number of hydrogen-bond acceptors (Lipinski definition) is 2. The van der Waals surface area contributed by atoms with E-state index >= 15 is 0 Å². The molecule has 0 saturated carbocycles. The molecule has 16 heavy (non-hydrogen) atoms. The summed E-state index contributed by atoms with van der Waals surface area (Å²) in [4.78, 5) is 11.5. The third-order valence-electron chi connectivity index (χ3n) is 2.98. The van der Waals surface area contributed by atoms with Gasteiger partial charge in [-0.1, -0.05) is 6.58 Å². The van der Waals surface area contributed by atoms with Crippen LogP contribution in [0.5, 0.6) is 5.75 Å². The molecule has 0 atom stereocenters. The minimum atomic E-state index is -0.370. The first-order chi connectivity index (χ1) is 7.34. The van der Waals surface area contributed by atoms with E-state index in [0.717, 1.165) is 11.1 Å². The predicted molar refractivity (Wildman–Crippen MR) is 65.8 cm³/mol. The quantitative estimate of drug-likeness (QED) is 0.432. The molecular weight excluding hydrogens is 200 g/mol. The largest absolute Gasteiger partial charge is 0.423 e. The molecule has 0 N–H and O–H groups in total. The zero-order chi connectivity index (χ0) is 12.5. The van der Waals surface area contributed by atoms with Crippen molar-refractivity contribution in [1.29, 1.82) is 0 Å². The third-order valence-corrected chi connectivity index (χ3v) is 2.98. The highest BCUT2D eigenvalue weighted by Crippen LogP contribution is 2.27. The van der Waals surface area contributed by atoms with Gasteiger partial charge in [0.25, 0.3) is 0 Å². The first kappa shape index (κ1) is 12.5. The second-order valence-corrected chi connectivity index (χ2v) is 4.24. The van der Waals surface area contributed by atoms with Gasteiger partial charge < -0.3 is 4.74 Å². The molecule has 2 heteroatoms. The summed E-state index contributed by atoms with van der Waals surface area (Å²) in [5.74, 6) is 0.263. The van der Waals surface area contributed by atoms with Crippen molar-refractivity contribution in [3.8, 4) is 5.75 Å². The molecule has 0 aromatic heterocycles. The summed E-state index contributed by atoms with van der Waals surface area (Å²) < 4.78 is 5.28. The van der Waals surface area contributed by atoms with Crippen molar-refractivity contribution < 1.29 is 9.53 Å². The molecule has 0 aliphatic rings. The van der Waals surface area contributed by atoms with Gasteiger partial charge in [-0.2, -0.15) is 0 Å². The van der Waals surface area contributed by atoms with Crippen molar-refractivity contribution in [2.24, 2.45) is 0 Å². The predicted octanol–water partition coefficient (Wildman–Crippen LogP) is 3.40. The van der Waals surface area contributed by atoms with E-state index in [-0.39, 0.29) is 5.97 Å². The highest BCUT2D eigenvalue weighted by Gasteiger charge is 2.12. The van der Waals surface area contributed by atoms with Crippen molar-refractivity contribution in [3.63, 3.8) is 0 Å². The molecule has 2 nitrogen and oxygen atoms in total. The molecule has 0 heterocycles. The van der Waals surface area contributed by atoms with Crippen LogP contribution in [-0.2, 0) is 4.79 Å². The molecule has 0 aliphatic heterocycles. The minimum Gasteiger partial charge on any atom is -0.423 e. The Morgan fingerprint density at radius 3 is 2.19 bits per heavy atom. The summed E-state index contributed by atoms with van der Waals surface area (Å²) in [5, 5.41) is 0. The molecule has 0 saturated heterocycles. The minimum absolute atomic E-state index is 0.370. The Morgan fingerprint density at radius 1 is 1.12 bits per heavy atom. The van der Waals surface area contributed by atoms with E-state index in [4.69, 9.17) is 4.74 Å². The zero-order valence-corrected chi connectivity index (χ0v) is 10.6. The molecule has 1 aromatic rings. The number of aryl methyl sites for hydroxylation is 1. The number of esters is 1. The second-order valence-electron chi connectivity index (χ2n) is 4.24. The van der Waals surface area contributed by atoms with Gasteiger partial charge in [0.1, 0.15) is 5.75 Å². The fraction of sp³-hybridized carbons (Fsp3) is 0.357. The Balaban J connectivity index is 3.16. The molecule has 1 rings (SSSR count). The summed E-state index contributed by atoms with van der Waals surface area (Å²) in [5.41, 5.74) is 4.97. The Kier molecular flexibility index (Phi) is 3.53. The van der Waals surface area contributed by atoms with Crippen LogP contribution in [0.2, 0.25) is 0 Å². The van der Waals surface area contributed by atoms with E-state index in [1.807, 2.05) is 26.8 Å². The number of carbonyl (C=O) groups excluding carboxylic acids is 1. The van der Waals surface area contributed by atoms with E-state index < -0.39 is 0 Å². The molecule has 0 radical (unpaired) electrons. The average molecular weight is 218 g/mol. The van der Waals surface area contributed by atoms with Gasteiger partial charge in [-0.15, -0.1) is 0 Å². The van der Waals surface area contributed by atoms with Gasteiger partial charge >= 0.3 is 5.97 Å². The van der Waals surface area contributed by atoms with Crippen LogP contribution in [0.15, 0.2) is 18.2 Å². The van der Waals surface area contributed by atoms with E-state index in [2.05, 4.69) is 13.5 Å². The van der Waals surface area contributed by atoms with Gasteiger partial charge in [0.2, 0.25) is 0 Å². The molecular formula is C14H18O2. The second kappa shape index (κ2) is 4.52. The van der Waals surface area contributed by atoms with Gasteiger partial charge in [0.15, 0.2) is 0 Å². The lowest BCUT2D eigenvalue weighted by atomic mass is 9.99. The summed E-state index contributed by atoms with van der Waals surface area (Å²) in [6.45, 7) is 13.3. The summed E-state index contributed by atoms with van der Waals surface area (Å²) in [6.07, 6.45) is 0. The lowest BCUT2D eigenvalue weighted by Crippen LogP contribution is -2.10. The van der Waals surface area contributed by atoms with Crippen LogP contribution in [0.1, 0.15) is 29.2 Å². The Hall–Kier alpha value is -1.57. The number of ether oxygens (including phenoxy) is 1. The van der Waals surface area contributed by atoms with E-state index in [1.165, 1.54) is 11.1 Å². The Bertz CT molecular complexity index is 456. The summed E-state index contributed by atoms with van der Waals surface area (Å²) in [7, 11) is 0. The van der Waals surface area contributed by atoms with Crippen LogP contribution in [0.4, 0.5) is 0 Å². The van der Waals surface area contributed by atoms with Gasteiger partial charge in [0.05, 0.1) is 0 Å². The van der Waals surface area contributed by atoms with Gasteiger partial charge in [-0.05, 0) is 62.9 Å². The van der Waals surface area contributed by atoms with Crippen molar-refractivity contribution in [2.75, 3.05) is 0 Å². The fourth-order valence-electron chi connectivity index (χ4n) is 1.47. The Labute approximate surface area is 96.9 Å². The van der Waals surface area contributed by atoms with Crippen molar-refractivity contribution in [3.05, 3.63) is 40.5 Å². The van der Waals surface area contributed by atoms with Crippen LogP contribution in [0, 0.1) is 27.7 Å². The topological polar surface area (TPSA) is 26.3 Å². The highest BCUT2D eigenvalue weighted by molar-refractivity contribution is 5.89. The summed E-state index contributed by atoms with van der Waals surface area (Å²) >= 11 is 0. The van der Waals surface area contributed by atoms with Crippen LogP contribution < -0.4 is 4.74 Å². The Morgan fingerprint density at radius 2 is 1.69 bits per heavy atom. The fourth-order valence-corrected chi connectivity index (χ4v) is 1.47. The van der Waals surface area contributed by atoms with Crippen LogP contribution in [0.25, 0.3) is 0 Å².